The SMILES string of the molecule is CCNc1cnc(C(=O)NN(C)C)cn1. The van der Waals surface area contributed by atoms with E-state index >= 15 is 0 Å². The molecule has 0 bridgehead atoms. The zero-order valence-electron chi connectivity index (χ0n) is 9.11. The van der Waals surface area contributed by atoms with Gasteiger partial charge in [0.05, 0.1) is 12.4 Å². The zero-order chi connectivity index (χ0) is 11.3. The largest absolute Gasteiger partial charge is 0.369 e. The van der Waals surface area contributed by atoms with Crippen molar-refractivity contribution in [2.24, 2.45) is 0 Å². The molecule has 0 saturated heterocycles. The lowest BCUT2D eigenvalue weighted by Gasteiger charge is -2.10. The number of carbonyl (C=O) groups excluding carboxylic acids is 1. The first kappa shape index (κ1) is 11.4. The van der Waals surface area contributed by atoms with Gasteiger partial charge >= 0.3 is 0 Å². The second-order valence-electron chi connectivity index (χ2n) is 3.15. The van der Waals surface area contributed by atoms with E-state index in [4.69, 9.17) is 0 Å². The number of hydrazine groups is 1. The summed E-state index contributed by atoms with van der Waals surface area (Å²) in [6.07, 6.45) is 2.98. The molecule has 0 aliphatic rings. The van der Waals surface area contributed by atoms with Gasteiger partial charge in [-0.25, -0.2) is 15.0 Å². The van der Waals surface area contributed by atoms with E-state index in [2.05, 4.69) is 20.7 Å². The Balaban J connectivity index is 2.67. The van der Waals surface area contributed by atoms with Crippen LogP contribution >= 0.6 is 0 Å². The van der Waals surface area contributed by atoms with Gasteiger partial charge in [-0.3, -0.25) is 10.2 Å². The molecular weight excluding hydrogens is 194 g/mol. The van der Waals surface area contributed by atoms with Crippen LogP contribution in [0.2, 0.25) is 0 Å². The van der Waals surface area contributed by atoms with E-state index in [1.54, 1.807) is 19.1 Å². The summed E-state index contributed by atoms with van der Waals surface area (Å²) in [7, 11) is 3.47. The van der Waals surface area contributed by atoms with Crippen LogP contribution < -0.4 is 10.7 Å². The standard InChI is InChI=1S/C9H15N5O/c1-4-10-8-6-11-7(5-12-8)9(15)13-14(2)3/h5-6H,4H2,1-3H3,(H,10,12)(H,13,15). The second-order valence-corrected chi connectivity index (χ2v) is 3.15. The highest BCUT2D eigenvalue weighted by atomic mass is 16.2. The molecule has 0 aliphatic heterocycles. The molecule has 0 fully saturated rings. The molecule has 6 heteroatoms. The first-order valence-electron chi connectivity index (χ1n) is 4.67. The Morgan fingerprint density at radius 3 is 2.60 bits per heavy atom. The number of nitrogens with zero attached hydrogens (tertiary/aromatic N) is 3. The highest BCUT2D eigenvalue weighted by molar-refractivity contribution is 5.91. The van der Waals surface area contributed by atoms with Crippen LogP contribution in [0.3, 0.4) is 0 Å². The molecule has 0 radical (unpaired) electrons. The highest BCUT2D eigenvalue weighted by Gasteiger charge is 2.07. The molecule has 1 rings (SSSR count). The topological polar surface area (TPSA) is 70.2 Å². The summed E-state index contributed by atoms with van der Waals surface area (Å²) in [5.74, 6) is 0.398. The van der Waals surface area contributed by atoms with Crippen LogP contribution in [0.4, 0.5) is 5.82 Å². The van der Waals surface area contributed by atoms with Gasteiger partial charge in [-0.15, -0.1) is 0 Å². The van der Waals surface area contributed by atoms with E-state index in [1.165, 1.54) is 12.4 Å². The van der Waals surface area contributed by atoms with Crippen molar-refractivity contribution < 1.29 is 4.79 Å². The van der Waals surface area contributed by atoms with E-state index < -0.39 is 0 Å². The van der Waals surface area contributed by atoms with Crippen LogP contribution in [0.5, 0.6) is 0 Å². The molecule has 2 N–H and O–H groups in total. The summed E-state index contributed by atoms with van der Waals surface area (Å²) in [5, 5.41) is 4.56. The summed E-state index contributed by atoms with van der Waals surface area (Å²) in [6.45, 7) is 2.74. The Hall–Kier alpha value is -1.69. The predicted molar refractivity (Wildman–Crippen MR) is 57.3 cm³/mol. The van der Waals surface area contributed by atoms with E-state index in [-0.39, 0.29) is 5.91 Å². The fraction of sp³-hybridized carbons (Fsp3) is 0.444. The molecule has 0 atom stereocenters. The van der Waals surface area contributed by atoms with Crippen LogP contribution in [0, 0.1) is 0 Å². The molecule has 82 valence electrons. The Kier molecular flexibility index (Phi) is 3.99. The zero-order valence-corrected chi connectivity index (χ0v) is 9.11. The number of anilines is 1. The number of aromatic nitrogens is 2. The fourth-order valence-electron chi connectivity index (χ4n) is 0.978. The number of hydrogen-bond donors (Lipinski definition) is 2. The van der Waals surface area contributed by atoms with Crippen molar-refractivity contribution in [1.29, 1.82) is 0 Å². The van der Waals surface area contributed by atoms with Gasteiger partial charge in [-0.2, -0.15) is 0 Å². The van der Waals surface area contributed by atoms with E-state index in [0.717, 1.165) is 6.54 Å². The average molecular weight is 209 g/mol. The van der Waals surface area contributed by atoms with Crippen molar-refractivity contribution in [2.75, 3.05) is 26.0 Å². The monoisotopic (exact) mass is 209 g/mol. The van der Waals surface area contributed by atoms with Gasteiger partial charge in [0.2, 0.25) is 0 Å². The summed E-state index contributed by atoms with van der Waals surface area (Å²) >= 11 is 0. The maximum atomic E-state index is 11.4. The van der Waals surface area contributed by atoms with Crippen LogP contribution in [-0.4, -0.2) is 41.5 Å². The molecular formula is C9H15N5O. The fourth-order valence-corrected chi connectivity index (χ4v) is 0.978. The minimum absolute atomic E-state index is 0.268. The quantitative estimate of drug-likeness (QED) is 0.689. The highest BCUT2D eigenvalue weighted by Crippen LogP contribution is 2.00. The molecule has 1 amide bonds. The van der Waals surface area contributed by atoms with Crippen molar-refractivity contribution in [3.05, 3.63) is 18.1 Å². The van der Waals surface area contributed by atoms with Crippen molar-refractivity contribution in [1.82, 2.24) is 20.4 Å². The van der Waals surface area contributed by atoms with Crippen molar-refractivity contribution in [3.63, 3.8) is 0 Å². The molecule has 15 heavy (non-hydrogen) atoms. The Morgan fingerprint density at radius 1 is 1.40 bits per heavy atom. The third kappa shape index (κ3) is 3.51. The van der Waals surface area contributed by atoms with Gasteiger partial charge in [0.25, 0.3) is 5.91 Å². The molecule has 0 spiro atoms. The minimum atomic E-state index is -0.268. The number of nitrogens with one attached hydrogen (secondary N) is 2. The Labute approximate surface area is 88.7 Å². The summed E-state index contributed by atoms with van der Waals surface area (Å²) in [6, 6.07) is 0. The number of rotatable bonds is 4. The van der Waals surface area contributed by atoms with E-state index in [0.29, 0.717) is 11.5 Å². The van der Waals surface area contributed by atoms with Crippen LogP contribution in [0.1, 0.15) is 17.4 Å². The first-order chi connectivity index (χ1) is 7.13. The van der Waals surface area contributed by atoms with Crippen molar-refractivity contribution in [2.45, 2.75) is 6.92 Å². The molecule has 6 nitrogen and oxygen atoms in total. The summed E-state index contributed by atoms with van der Waals surface area (Å²) in [4.78, 5) is 19.5. The third-order valence-corrected chi connectivity index (χ3v) is 1.57. The maximum Gasteiger partial charge on any atom is 0.285 e. The van der Waals surface area contributed by atoms with Gasteiger partial charge < -0.3 is 5.32 Å². The number of hydrogen-bond acceptors (Lipinski definition) is 5. The van der Waals surface area contributed by atoms with Crippen LogP contribution in [0.25, 0.3) is 0 Å². The molecule has 1 aromatic rings. The lowest BCUT2D eigenvalue weighted by atomic mass is 10.4. The molecule has 1 aromatic heterocycles. The Bertz CT molecular complexity index is 322. The third-order valence-electron chi connectivity index (χ3n) is 1.57. The van der Waals surface area contributed by atoms with Gasteiger partial charge in [0, 0.05) is 20.6 Å². The second kappa shape index (κ2) is 5.26. The lowest BCUT2D eigenvalue weighted by Crippen LogP contribution is -2.36. The molecule has 0 aliphatic carbocycles. The molecule has 0 saturated carbocycles. The minimum Gasteiger partial charge on any atom is -0.369 e. The molecule has 0 aromatic carbocycles. The normalized spacial score (nSPS) is 10.1. The molecule has 1 heterocycles. The van der Waals surface area contributed by atoms with Gasteiger partial charge in [-0.1, -0.05) is 0 Å². The predicted octanol–water partition coefficient (Wildman–Crippen LogP) is 0.115. The summed E-state index contributed by atoms with van der Waals surface area (Å²) < 4.78 is 0. The van der Waals surface area contributed by atoms with Gasteiger partial charge in [0.1, 0.15) is 11.5 Å². The number of amides is 1. The maximum absolute atomic E-state index is 11.4. The lowest BCUT2D eigenvalue weighted by molar-refractivity contribution is 0.0851. The average Bonchev–Trinajstić information content (AvgIpc) is 2.18. The van der Waals surface area contributed by atoms with E-state index in [1.807, 2.05) is 6.92 Å². The Morgan fingerprint density at radius 2 is 2.13 bits per heavy atom. The van der Waals surface area contributed by atoms with Gasteiger partial charge in [0.15, 0.2) is 0 Å². The number of carbonyl (C=O) groups is 1. The van der Waals surface area contributed by atoms with Crippen molar-refractivity contribution in [3.8, 4) is 0 Å². The van der Waals surface area contributed by atoms with Crippen LogP contribution in [0.15, 0.2) is 12.4 Å². The van der Waals surface area contributed by atoms with Crippen LogP contribution in [-0.2, 0) is 0 Å². The van der Waals surface area contributed by atoms with E-state index in [9.17, 15) is 4.79 Å². The van der Waals surface area contributed by atoms with Crippen molar-refractivity contribution >= 4 is 11.7 Å². The smallest absolute Gasteiger partial charge is 0.285 e. The first-order valence-corrected chi connectivity index (χ1v) is 4.67. The van der Waals surface area contributed by atoms with Gasteiger partial charge in [-0.05, 0) is 6.92 Å². The molecule has 0 unspecified atom stereocenters. The summed E-state index contributed by atoms with van der Waals surface area (Å²) in [5.41, 5.74) is 2.88.